The van der Waals surface area contributed by atoms with Crippen molar-refractivity contribution in [3.05, 3.63) is 35.9 Å². The molecule has 2 fully saturated rings. The molecule has 2 aliphatic heterocycles. The molecule has 0 bridgehead atoms. The number of carbonyl (C=O) groups excluding carboxylic acids is 1. The standard InChI is InChI=1S/C19H29N3O2/c1-15(21-18(23)19(20)8-11-24-12-9-19)17-7-10-22(14-17)13-16-5-3-2-4-6-16/h2-6,15,17H,7-14,20H2,1H3,(H,21,23). The average molecular weight is 331 g/mol. The zero-order valence-electron chi connectivity index (χ0n) is 14.5. The highest BCUT2D eigenvalue weighted by atomic mass is 16.5. The molecule has 2 heterocycles. The van der Waals surface area contributed by atoms with Crippen LogP contribution in [-0.2, 0) is 16.1 Å². The van der Waals surface area contributed by atoms with Gasteiger partial charge in [0.15, 0.2) is 0 Å². The van der Waals surface area contributed by atoms with Gasteiger partial charge in [0.05, 0.1) is 5.54 Å². The molecule has 1 amide bonds. The quantitative estimate of drug-likeness (QED) is 0.858. The Balaban J connectivity index is 1.49. The van der Waals surface area contributed by atoms with Crippen molar-refractivity contribution < 1.29 is 9.53 Å². The SMILES string of the molecule is CC(NC(=O)C1(N)CCOCC1)C1CCN(Cc2ccccc2)C1. The van der Waals surface area contributed by atoms with Crippen LogP contribution < -0.4 is 11.1 Å². The van der Waals surface area contributed by atoms with Crippen molar-refractivity contribution >= 4 is 5.91 Å². The molecule has 3 rings (SSSR count). The Bertz CT molecular complexity index is 543. The molecule has 24 heavy (non-hydrogen) atoms. The fraction of sp³-hybridized carbons (Fsp3) is 0.632. The van der Waals surface area contributed by atoms with Crippen molar-refractivity contribution in [1.29, 1.82) is 0 Å². The summed E-state index contributed by atoms with van der Waals surface area (Å²) in [7, 11) is 0. The first kappa shape index (κ1) is 17.4. The summed E-state index contributed by atoms with van der Waals surface area (Å²) in [5.74, 6) is 0.473. The lowest BCUT2D eigenvalue weighted by Crippen LogP contribution is -2.59. The summed E-state index contributed by atoms with van der Waals surface area (Å²) in [4.78, 5) is 15.0. The smallest absolute Gasteiger partial charge is 0.240 e. The molecule has 0 spiro atoms. The van der Waals surface area contributed by atoms with Crippen LogP contribution in [0.3, 0.4) is 0 Å². The zero-order chi connectivity index (χ0) is 17.0. The molecule has 1 aromatic rings. The molecule has 0 saturated carbocycles. The Morgan fingerprint density at radius 1 is 1.38 bits per heavy atom. The number of nitrogens with one attached hydrogen (secondary N) is 1. The predicted molar refractivity (Wildman–Crippen MR) is 94.4 cm³/mol. The molecule has 5 nitrogen and oxygen atoms in total. The predicted octanol–water partition coefficient (Wildman–Crippen LogP) is 1.52. The van der Waals surface area contributed by atoms with E-state index in [1.165, 1.54) is 5.56 Å². The van der Waals surface area contributed by atoms with Gasteiger partial charge in [0, 0.05) is 32.3 Å². The number of ether oxygens (including phenoxy) is 1. The van der Waals surface area contributed by atoms with E-state index in [-0.39, 0.29) is 11.9 Å². The van der Waals surface area contributed by atoms with Gasteiger partial charge < -0.3 is 15.8 Å². The molecular formula is C19H29N3O2. The second kappa shape index (κ2) is 7.64. The number of nitrogens with two attached hydrogens (primary N) is 1. The van der Waals surface area contributed by atoms with Gasteiger partial charge in [0.2, 0.25) is 5.91 Å². The molecule has 2 saturated heterocycles. The number of likely N-dealkylation sites (tertiary alicyclic amines) is 1. The van der Waals surface area contributed by atoms with Crippen LogP contribution in [0.25, 0.3) is 0 Å². The highest BCUT2D eigenvalue weighted by Gasteiger charge is 2.38. The summed E-state index contributed by atoms with van der Waals surface area (Å²) in [6.07, 6.45) is 2.33. The van der Waals surface area contributed by atoms with Gasteiger partial charge in [-0.15, -0.1) is 0 Å². The molecule has 132 valence electrons. The average Bonchev–Trinajstić information content (AvgIpc) is 3.05. The monoisotopic (exact) mass is 331 g/mol. The third kappa shape index (κ3) is 4.15. The molecule has 0 aromatic heterocycles. The van der Waals surface area contributed by atoms with Gasteiger partial charge in [-0.2, -0.15) is 0 Å². The van der Waals surface area contributed by atoms with E-state index in [4.69, 9.17) is 10.5 Å². The Morgan fingerprint density at radius 3 is 2.79 bits per heavy atom. The van der Waals surface area contributed by atoms with Crippen molar-refractivity contribution in [3.63, 3.8) is 0 Å². The minimum absolute atomic E-state index is 0.0141. The van der Waals surface area contributed by atoms with E-state index in [0.29, 0.717) is 32.0 Å². The maximum Gasteiger partial charge on any atom is 0.240 e. The van der Waals surface area contributed by atoms with Gasteiger partial charge in [-0.05, 0) is 44.2 Å². The normalized spacial score (nSPS) is 25.3. The fourth-order valence-electron chi connectivity index (χ4n) is 3.69. The van der Waals surface area contributed by atoms with Crippen LogP contribution >= 0.6 is 0 Å². The summed E-state index contributed by atoms with van der Waals surface area (Å²) in [6, 6.07) is 10.7. The van der Waals surface area contributed by atoms with Crippen LogP contribution in [0.4, 0.5) is 0 Å². The number of hydrogen-bond donors (Lipinski definition) is 2. The summed E-state index contributed by atoms with van der Waals surface area (Å²) in [5, 5.41) is 3.17. The molecular weight excluding hydrogens is 302 g/mol. The number of amides is 1. The Labute approximate surface area is 144 Å². The van der Waals surface area contributed by atoms with Crippen LogP contribution in [0.2, 0.25) is 0 Å². The van der Waals surface area contributed by atoms with E-state index in [0.717, 1.165) is 26.1 Å². The van der Waals surface area contributed by atoms with Crippen LogP contribution in [-0.4, -0.2) is 48.7 Å². The molecule has 0 radical (unpaired) electrons. The number of benzene rings is 1. The van der Waals surface area contributed by atoms with Crippen molar-refractivity contribution in [3.8, 4) is 0 Å². The van der Waals surface area contributed by atoms with Crippen LogP contribution in [0.15, 0.2) is 30.3 Å². The topological polar surface area (TPSA) is 67.6 Å². The highest BCUT2D eigenvalue weighted by molar-refractivity contribution is 5.86. The minimum atomic E-state index is -0.755. The first-order valence-corrected chi connectivity index (χ1v) is 9.01. The molecule has 2 aliphatic rings. The van der Waals surface area contributed by atoms with Crippen LogP contribution in [0, 0.1) is 5.92 Å². The van der Waals surface area contributed by atoms with E-state index in [9.17, 15) is 4.79 Å². The van der Waals surface area contributed by atoms with Gasteiger partial charge >= 0.3 is 0 Å². The van der Waals surface area contributed by atoms with E-state index in [1.807, 2.05) is 6.07 Å². The Kier molecular flexibility index (Phi) is 5.54. The first-order chi connectivity index (χ1) is 11.6. The van der Waals surface area contributed by atoms with E-state index in [2.05, 4.69) is 41.4 Å². The second-order valence-corrected chi connectivity index (χ2v) is 7.30. The van der Waals surface area contributed by atoms with Crippen molar-refractivity contribution in [2.24, 2.45) is 11.7 Å². The lowest BCUT2D eigenvalue weighted by molar-refractivity contribution is -0.130. The molecule has 5 heteroatoms. The maximum absolute atomic E-state index is 12.6. The third-order valence-electron chi connectivity index (χ3n) is 5.46. The molecule has 0 aliphatic carbocycles. The maximum atomic E-state index is 12.6. The summed E-state index contributed by atoms with van der Waals surface area (Å²) >= 11 is 0. The minimum Gasteiger partial charge on any atom is -0.381 e. The fourth-order valence-corrected chi connectivity index (χ4v) is 3.69. The number of hydrogen-bond acceptors (Lipinski definition) is 4. The van der Waals surface area contributed by atoms with Crippen molar-refractivity contribution in [2.45, 2.75) is 44.3 Å². The van der Waals surface area contributed by atoms with Crippen LogP contribution in [0.1, 0.15) is 31.7 Å². The molecule has 1 aromatic carbocycles. The van der Waals surface area contributed by atoms with Gasteiger partial charge in [0.25, 0.3) is 0 Å². The lowest BCUT2D eigenvalue weighted by atomic mass is 9.89. The van der Waals surface area contributed by atoms with Crippen molar-refractivity contribution in [1.82, 2.24) is 10.2 Å². The number of rotatable bonds is 5. The summed E-state index contributed by atoms with van der Waals surface area (Å²) < 4.78 is 5.32. The van der Waals surface area contributed by atoms with Gasteiger partial charge in [0.1, 0.15) is 0 Å². The highest BCUT2D eigenvalue weighted by Crippen LogP contribution is 2.23. The van der Waals surface area contributed by atoms with Gasteiger partial charge in [-0.1, -0.05) is 30.3 Å². The van der Waals surface area contributed by atoms with Crippen LogP contribution in [0.5, 0.6) is 0 Å². The van der Waals surface area contributed by atoms with E-state index < -0.39 is 5.54 Å². The zero-order valence-corrected chi connectivity index (χ0v) is 14.5. The molecule has 3 N–H and O–H groups in total. The van der Waals surface area contributed by atoms with Crippen molar-refractivity contribution in [2.75, 3.05) is 26.3 Å². The third-order valence-corrected chi connectivity index (χ3v) is 5.46. The largest absolute Gasteiger partial charge is 0.381 e. The first-order valence-electron chi connectivity index (χ1n) is 9.01. The summed E-state index contributed by atoms with van der Waals surface area (Å²) in [5.41, 5.74) is 6.87. The molecule has 2 atom stereocenters. The second-order valence-electron chi connectivity index (χ2n) is 7.30. The summed E-state index contributed by atoms with van der Waals surface area (Å²) in [6.45, 7) is 6.35. The number of nitrogens with zero attached hydrogens (tertiary/aromatic N) is 1. The number of carbonyl (C=O) groups is 1. The van der Waals surface area contributed by atoms with E-state index in [1.54, 1.807) is 0 Å². The molecule has 2 unspecified atom stereocenters. The Morgan fingerprint density at radius 2 is 2.08 bits per heavy atom. The van der Waals surface area contributed by atoms with Gasteiger partial charge in [-0.25, -0.2) is 0 Å². The van der Waals surface area contributed by atoms with Gasteiger partial charge in [-0.3, -0.25) is 9.69 Å². The Hall–Kier alpha value is -1.43. The van der Waals surface area contributed by atoms with E-state index >= 15 is 0 Å². The lowest BCUT2D eigenvalue weighted by Gasteiger charge is -2.34.